The van der Waals surface area contributed by atoms with Crippen LogP contribution >= 0.6 is 0 Å². The maximum Gasteiger partial charge on any atom is 0.330 e. The zero-order valence-electron chi connectivity index (χ0n) is 30.8. The molecular weight excluding hydrogens is 712 g/mol. The van der Waals surface area contributed by atoms with E-state index >= 15 is 0 Å². The van der Waals surface area contributed by atoms with Gasteiger partial charge in [-0.1, -0.05) is 38.5 Å². The van der Waals surface area contributed by atoms with Gasteiger partial charge in [0.15, 0.2) is 24.2 Å². The molecular formula is C35H56N6O13. The Labute approximate surface area is 312 Å². The second-order valence-corrected chi connectivity index (χ2v) is 14.0. The van der Waals surface area contributed by atoms with Crippen LogP contribution in [0.25, 0.3) is 0 Å². The molecule has 1 aromatic heterocycles. The molecule has 0 aliphatic carbocycles. The summed E-state index contributed by atoms with van der Waals surface area (Å²) in [4.78, 5) is 66.2. The average Bonchev–Trinajstić information content (AvgIpc) is 3.38. The van der Waals surface area contributed by atoms with Crippen LogP contribution in [0, 0.1) is 0 Å². The number of nitrogens with two attached hydrogens (primary N) is 2. The Balaban J connectivity index is 1.48. The van der Waals surface area contributed by atoms with Gasteiger partial charge in [0, 0.05) is 31.8 Å². The van der Waals surface area contributed by atoms with Crippen molar-refractivity contribution in [1.29, 1.82) is 0 Å². The number of aliphatic hydroxyl groups is 3. The van der Waals surface area contributed by atoms with Crippen LogP contribution in [0.1, 0.15) is 90.2 Å². The number of H-pyrrole nitrogens is 1. The highest BCUT2D eigenvalue weighted by atomic mass is 16.7. The fourth-order valence-corrected chi connectivity index (χ4v) is 6.86. The number of amides is 2. The molecule has 54 heavy (non-hydrogen) atoms. The molecule has 304 valence electrons. The van der Waals surface area contributed by atoms with E-state index in [-0.39, 0.29) is 12.5 Å². The molecule has 1 unspecified atom stereocenters. The summed E-state index contributed by atoms with van der Waals surface area (Å²) in [6, 6.07) is 0.365. The van der Waals surface area contributed by atoms with E-state index in [0.717, 1.165) is 74.3 Å². The molecule has 3 aliphatic rings. The molecule has 0 spiro atoms. The van der Waals surface area contributed by atoms with Crippen molar-refractivity contribution in [2.24, 2.45) is 11.5 Å². The number of unbranched alkanes of at least 4 members (excludes halogenated alkanes) is 7. The monoisotopic (exact) mass is 768 g/mol. The molecule has 0 saturated carbocycles. The number of aromatic nitrogens is 2. The third kappa shape index (κ3) is 11.7. The number of methoxy groups -OCH3 is 1. The van der Waals surface area contributed by atoms with Crippen LogP contribution in [0.3, 0.4) is 0 Å². The molecule has 3 aliphatic heterocycles. The minimum Gasteiger partial charge on any atom is -0.456 e. The van der Waals surface area contributed by atoms with Crippen molar-refractivity contribution < 1.29 is 53.4 Å². The van der Waals surface area contributed by atoms with Gasteiger partial charge in [0.05, 0.1) is 6.04 Å². The predicted octanol–water partition coefficient (Wildman–Crippen LogP) is -1.37. The van der Waals surface area contributed by atoms with Crippen molar-refractivity contribution in [3.05, 3.63) is 44.9 Å². The highest BCUT2D eigenvalue weighted by Gasteiger charge is 2.54. The predicted molar refractivity (Wildman–Crippen MR) is 190 cm³/mol. The van der Waals surface area contributed by atoms with Gasteiger partial charge < -0.3 is 55.8 Å². The number of ether oxygens (including phenoxy) is 5. The van der Waals surface area contributed by atoms with Gasteiger partial charge in [0.1, 0.15) is 30.6 Å². The number of nitrogens with one attached hydrogen (secondary N) is 3. The molecule has 4 rings (SSSR count). The van der Waals surface area contributed by atoms with E-state index in [2.05, 4.69) is 15.6 Å². The van der Waals surface area contributed by atoms with E-state index in [9.17, 15) is 39.3 Å². The number of aromatic amines is 1. The summed E-state index contributed by atoms with van der Waals surface area (Å²) in [5.74, 6) is -3.08. The van der Waals surface area contributed by atoms with Gasteiger partial charge in [0.25, 0.3) is 11.5 Å². The van der Waals surface area contributed by atoms with Crippen molar-refractivity contribution in [3.8, 4) is 0 Å². The second kappa shape index (κ2) is 20.8. The quantitative estimate of drug-likeness (QED) is 0.0595. The van der Waals surface area contributed by atoms with Crippen molar-refractivity contribution in [2.45, 2.75) is 151 Å². The lowest BCUT2D eigenvalue weighted by atomic mass is 10.0. The van der Waals surface area contributed by atoms with Gasteiger partial charge in [-0.3, -0.25) is 34.0 Å². The summed E-state index contributed by atoms with van der Waals surface area (Å²) in [5.41, 5.74) is 9.68. The summed E-state index contributed by atoms with van der Waals surface area (Å²) >= 11 is 0. The molecule has 19 heteroatoms. The lowest BCUT2D eigenvalue weighted by Gasteiger charge is -2.35. The third-order valence-corrected chi connectivity index (χ3v) is 9.81. The lowest BCUT2D eigenvalue weighted by Crippen LogP contribution is -2.55. The van der Waals surface area contributed by atoms with Gasteiger partial charge in [-0.25, -0.2) is 4.79 Å². The van der Waals surface area contributed by atoms with E-state index in [0.29, 0.717) is 25.8 Å². The standard InChI is InChI=1S/C35H56N6O13/c1-19-12-11-13-20(31(47)38-19)39-32(48)22-18-21(42)25(45)34(51-22)54-28(30(37)46)27-26(50-2)29(33(53-27)41-17-15-23(43)40-35(41)49)52-24(44)14-9-7-5-3-4-6-8-10-16-36/h15,17-21,25-29,31,33-34,38,42,45,47H,3-14,16,36H2,1-2H3,(H2,37,46)(H,39,48)(H,40,43,49)/t19-,20+,21+,25+,26-,27+,28-,29-,31?,33-,34-/m1/s1. The van der Waals surface area contributed by atoms with E-state index < -0.39 is 96.2 Å². The molecule has 0 aromatic carbocycles. The zero-order valence-corrected chi connectivity index (χ0v) is 30.8. The Kier molecular flexibility index (Phi) is 16.6. The normalized spacial score (nSPS) is 30.4. The number of primary amides is 1. The van der Waals surface area contributed by atoms with E-state index in [1.165, 1.54) is 7.11 Å². The number of hydrogen-bond acceptors (Lipinski definition) is 15. The van der Waals surface area contributed by atoms with Gasteiger partial charge in [-0.2, -0.15) is 0 Å². The molecule has 1 aromatic rings. The second-order valence-electron chi connectivity index (χ2n) is 14.0. The van der Waals surface area contributed by atoms with E-state index in [1.54, 1.807) is 0 Å². The summed E-state index contributed by atoms with van der Waals surface area (Å²) in [6.45, 7) is 2.58. The fraction of sp³-hybridized carbons (Fsp3) is 0.743. The van der Waals surface area contributed by atoms with Crippen molar-refractivity contribution in [3.63, 3.8) is 0 Å². The Morgan fingerprint density at radius 3 is 2.37 bits per heavy atom. The minimum atomic E-state index is -1.86. The first-order valence-electron chi connectivity index (χ1n) is 18.7. The van der Waals surface area contributed by atoms with Crippen LogP contribution in [0.2, 0.25) is 0 Å². The van der Waals surface area contributed by atoms with Crippen LogP contribution in [0.4, 0.5) is 0 Å². The number of rotatable bonds is 19. The highest BCUT2D eigenvalue weighted by molar-refractivity contribution is 5.92. The zero-order chi connectivity index (χ0) is 39.4. The van der Waals surface area contributed by atoms with Gasteiger partial charge in [-0.15, -0.1) is 0 Å². The minimum absolute atomic E-state index is 0.0172. The largest absolute Gasteiger partial charge is 0.456 e. The molecule has 10 N–H and O–H groups in total. The summed E-state index contributed by atoms with van der Waals surface area (Å²) < 4.78 is 29.9. The topological polar surface area (TPSA) is 289 Å². The smallest absolute Gasteiger partial charge is 0.330 e. The van der Waals surface area contributed by atoms with Crippen LogP contribution in [0.5, 0.6) is 0 Å². The molecule has 19 nitrogen and oxygen atoms in total. The van der Waals surface area contributed by atoms with Gasteiger partial charge >= 0.3 is 11.7 Å². The molecule has 2 amide bonds. The third-order valence-electron chi connectivity index (χ3n) is 9.81. The molecule has 0 bridgehead atoms. The van der Waals surface area contributed by atoms with Gasteiger partial charge in [-0.05, 0) is 51.6 Å². The average molecular weight is 769 g/mol. The summed E-state index contributed by atoms with van der Waals surface area (Å²) in [5, 5.41) is 37.6. The summed E-state index contributed by atoms with van der Waals surface area (Å²) in [6.07, 6.45) is -2.33. The van der Waals surface area contributed by atoms with E-state index in [4.69, 9.17) is 35.2 Å². The molecule has 2 fully saturated rings. The van der Waals surface area contributed by atoms with Gasteiger partial charge in [0.2, 0.25) is 12.2 Å². The number of esters is 1. The Hall–Kier alpha value is -3.69. The Morgan fingerprint density at radius 2 is 1.72 bits per heavy atom. The van der Waals surface area contributed by atoms with Crippen LogP contribution in [-0.2, 0) is 38.1 Å². The molecule has 11 atom stereocenters. The molecule has 0 radical (unpaired) electrons. The molecule has 2 saturated heterocycles. The molecule has 4 heterocycles. The number of aliphatic hydroxyl groups excluding tert-OH is 3. The van der Waals surface area contributed by atoms with Crippen LogP contribution in [-0.4, -0.2) is 118 Å². The van der Waals surface area contributed by atoms with Crippen LogP contribution < -0.4 is 33.3 Å². The first-order valence-corrected chi connectivity index (χ1v) is 18.7. The van der Waals surface area contributed by atoms with Crippen molar-refractivity contribution >= 4 is 17.8 Å². The SMILES string of the molecule is CO[C@H]1[C@@H](OC(=O)CCCCCCCCCCN)[C@H](n2ccc(=O)[nH]c2=O)O[C@@H]1[C@@H](O[C@H]1OC(C(=O)N[C@H]2CCC[C@@H](C)NC2O)=C[C@H](O)[C@@H]1O)C(N)=O. The lowest BCUT2D eigenvalue weighted by molar-refractivity contribution is -0.241. The highest BCUT2D eigenvalue weighted by Crippen LogP contribution is 2.36. The number of carbonyl (C=O) groups is 3. The van der Waals surface area contributed by atoms with Crippen molar-refractivity contribution in [1.82, 2.24) is 20.2 Å². The maximum absolute atomic E-state index is 13.2. The van der Waals surface area contributed by atoms with Crippen LogP contribution in [0.15, 0.2) is 33.7 Å². The Morgan fingerprint density at radius 1 is 1.04 bits per heavy atom. The number of carbonyl (C=O) groups excluding carboxylic acids is 3. The first kappa shape index (κ1) is 43.0. The number of hydrogen-bond donors (Lipinski definition) is 8. The Bertz CT molecular complexity index is 1540. The van der Waals surface area contributed by atoms with Crippen molar-refractivity contribution in [2.75, 3.05) is 13.7 Å². The first-order chi connectivity index (χ1) is 25.8. The maximum atomic E-state index is 13.2. The van der Waals surface area contributed by atoms with E-state index in [1.807, 2.05) is 6.92 Å². The fourth-order valence-electron chi connectivity index (χ4n) is 6.86. The number of nitrogens with zero attached hydrogens (tertiary/aromatic N) is 1. The summed E-state index contributed by atoms with van der Waals surface area (Å²) in [7, 11) is 1.24.